The molecule has 0 amide bonds. The zero-order chi connectivity index (χ0) is 34.1. The highest BCUT2D eigenvalue weighted by Gasteiger charge is 2.43. The molecule has 0 spiro atoms. The highest BCUT2D eigenvalue weighted by molar-refractivity contribution is 6.03. The molecular formula is C39H34O9. The molecule has 3 atom stereocenters. The van der Waals surface area contributed by atoms with Crippen LogP contribution in [0.15, 0.2) is 88.9 Å². The molecule has 0 saturated carbocycles. The van der Waals surface area contributed by atoms with E-state index in [0.29, 0.717) is 45.6 Å². The van der Waals surface area contributed by atoms with Crippen LogP contribution in [0, 0.1) is 5.92 Å². The van der Waals surface area contributed by atoms with Gasteiger partial charge in [-0.1, -0.05) is 17.7 Å². The minimum absolute atomic E-state index is 0.0223. The first-order valence-electron chi connectivity index (χ1n) is 15.6. The number of ketones is 1. The number of hydrogen-bond donors (Lipinski definition) is 6. The first-order chi connectivity index (χ1) is 22.8. The standard InChI is InChI=1S/C39H34O9/c1-19-12-27(24-7-6-22(40)17-29(24)42)35(38(46)26-8-9-32-25(37(26)45)10-11-39(2,3)48-32)28(13-19)36-30(43)14-21(15-31(36)44)33-16-20-4-5-23(41)18-34(20)47-33/h4-11,13-18,27-28,35,40-45H,12H2,1-3H3/t27-,28-,35-/m0/s1. The Morgan fingerprint density at radius 1 is 0.833 bits per heavy atom. The van der Waals surface area contributed by atoms with Gasteiger partial charge in [0.25, 0.3) is 0 Å². The van der Waals surface area contributed by atoms with Crippen LogP contribution in [0.4, 0.5) is 0 Å². The first kappa shape index (κ1) is 30.8. The smallest absolute Gasteiger partial charge is 0.171 e. The topological polar surface area (TPSA) is 161 Å². The lowest BCUT2D eigenvalue weighted by Crippen LogP contribution is -2.32. The van der Waals surface area contributed by atoms with E-state index in [4.69, 9.17) is 9.15 Å². The average molecular weight is 647 g/mol. The van der Waals surface area contributed by atoms with Crippen LogP contribution in [0.3, 0.4) is 0 Å². The van der Waals surface area contributed by atoms with Gasteiger partial charge in [0.15, 0.2) is 5.78 Å². The third-order valence-corrected chi connectivity index (χ3v) is 9.27. The zero-order valence-electron chi connectivity index (χ0n) is 26.4. The predicted molar refractivity (Wildman–Crippen MR) is 180 cm³/mol. The van der Waals surface area contributed by atoms with Crippen molar-refractivity contribution in [3.63, 3.8) is 0 Å². The van der Waals surface area contributed by atoms with Crippen LogP contribution in [0.1, 0.15) is 66.1 Å². The fraction of sp³-hybridized carbons (Fsp3) is 0.205. The van der Waals surface area contributed by atoms with Crippen molar-refractivity contribution < 1.29 is 44.6 Å². The third-order valence-electron chi connectivity index (χ3n) is 9.27. The first-order valence-corrected chi connectivity index (χ1v) is 15.6. The van der Waals surface area contributed by atoms with Crippen LogP contribution in [0.5, 0.6) is 40.2 Å². The Balaban J connectivity index is 1.37. The molecule has 244 valence electrons. The Hall–Kier alpha value is -5.83. The van der Waals surface area contributed by atoms with Gasteiger partial charge in [0.1, 0.15) is 57.2 Å². The molecule has 7 rings (SSSR count). The lowest BCUT2D eigenvalue weighted by atomic mass is 9.65. The molecule has 5 aromatic rings. The van der Waals surface area contributed by atoms with Gasteiger partial charge < -0.3 is 39.8 Å². The summed E-state index contributed by atoms with van der Waals surface area (Å²) in [6.45, 7) is 5.62. The summed E-state index contributed by atoms with van der Waals surface area (Å²) >= 11 is 0. The molecule has 1 aromatic heterocycles. The Kier molecular flexibility index (Phi) is 7.16. The molecule has 6 N–H and O–H groups in total. The van der Waals surface area contributed by atoms with E-state index in [-0.39, 0.29) is 45.6 Å². The minimum Gasteiger partial charge on any atom is -0.508 e. The van der Waals surface area contributed by atoms with E-state index in [1.807, 2.05) is 26.8 Å². The van der Waals surface area contributed by atoms with Gasteiger partial charge in [0.05, 0.1) is 11.1 Å². The van der Waals surface area contributed by atoms with Gasteiger partial charge in [-0.05, 0) is 93.4 Å². The fourth-order valence-corrected chi connectivity index (χ4v) is 7.05. The molecule has 0 radical (unpaired) electrons. The number of phenolic OH excluding ortho intramolecular Hbond substituents is 6. The highest BCUT2D eigenvalue weighted by atomic mass is 16.5. The number of aromatic hydroxyl groups is 6. The summed E-state index contributed by atoms with van der Waals surface area (Å²) in [5, 5.41) is 66.1. The van der Waals surface area contributed by atoms with Crippen molar-refractivity contribution in [3.05, 3.63) is 107 Å². The van der Waals surface area contributed by atoms with Gasteiger partial charge in [-0.3, -0.25) is 4.79 Å². The van der Waals surface area contributed by atoms with E-state index in [1.54, 1.807) is 36.4 Å². The average Bonchev–Trinajstić information content (AvgIpc) is 3.43. The summed E-state index contributed by atoms with van der Waals surface area (Å²) in [6.07, 6.45) is 5.67. The van der Waals surface area contributed by atoms with E-state index < -0.39 is 29.1 Å². The summed E-state index contributed by atoms with van der Waals surface area (Å²) in [7, 11) is 0. The number of rotatable bonds is 5. The van der Waals surface area contributed by atoms with Gasteiger partial charge in [0, 0.05) is 46.4 Å². The van der Waals surface area contributed by atoms with Gasteiger partial charge in [-0.15, -0.1) is 0 Å². The van der Waals surface area contributed by atoms with Gasteiger partial charge in [-0.25, -0.2) is 0 Å². The zero-order valence-corrected chi connectivity index (χ0v) is 26.4. The van der Waals surface area contributed by atoms with Crippen molar-refractivity contribution in [2.75, 3.05) is 0 Å². The summed E-state index contributed by atoms with van der Waals surface area (Å²) in [5.41, 5.74) is 1.91. The molecular weight excluding hydrogens is 612 g/mol. The van der Waals surface area contributed by atoms with Crippen molar-refractivity contribution in [1.29, 1.82) is 0 Å². The number of carbonyl (C=O) groups excluding carboxylic acids is 1. The number of furan rings is 1. The highest BCUT2D eigenvalue weighted by Crippen LogP contribution is 2.54. The summed E-state index contributed by atoms with van der Waals surface area (Å²) in [5.74, 6) is -3.45. The Morgan fingerprint density at radius 3 is 2.27 bits per heavy atom. The van der Waals surface area contributed by atoms with Crippen LogP contribution in [-0.4, -0.2) is 42.0 Å². The summed E-state index contributed by atoms with van der Waals surface area (Å²) in [4.78, 5) is 14.7. The number of hydrogen-bond acceptors (Lipinski definition) is 9. The molecule has 1 aliphatic carbocycles. The van der Waals surface area contributed by atoms with E-state index in [0.717, 1.165) is 5.57 Å². The van der Waals surface area contributed by atoms with Crippen molar-refractivity contribution in [3.8, 4) is 51.6 Å². The number of benzene rings is 4. The SMILES string of the molecule is CC1=C[C@H](c2c(O)cc(-c3cc4ccc(O)cc4o3)cc2O)[C@@H](C(=O)c2ccc3c(c2O)C=CC(C)(C)O3)[C@H](c2ccc(O)cc2O)C1. The molecule has 1 aliphatic heterocycles. The Bertz CT molecular complexity index is 2160. The third kappa shape index (κ3) is 5.27. The molecule has 0 saturated heterocycles. The van der Waals surface area contributed by atoms with E-state index in [1.165, 1.54) is 42.5 Å². The fourth-order valence-electron chi connectivity index (χ4n) is 7.05. The van der Waals surface area contributed by atoms with Crippen molar-refractivity contribution in [2.24, 2.45) is 5.92 Å². The van der Waals surface area contributed by atoms with Crippen molar-refractivity contribution in [1.82, 2.24) is 0 Å². The Labute approximate surface area is 275 Å². The molecule has 0 bridgehead atoms. The molecule has 2 heterocycles. The molecule has 0 fully saturated rings. The lowest BCUT2D eigenvalue weighted by Gasteiger charge is -2.37. The lowest BCUT2D eigenvalue weighted by molar-refractivity contribution is 0.0876. The maximum absolute atomic E-state index is 14.7. The normalized spacial score (nSPS) is 19.8. The number of Topliss-reactive ketones (excluding diaryl/α,β-unsaturated/α-hetero) is 1. The van der Waals surface area contributed by atoms with E-state index in [2.05, 4.69) is 0 Å². The van der Waals surface area contributed by atoms with Crippen LogP contribution in [0.2, 0.25) is 0 Å². The van der Waals surface area contributed by atoms with Crippen LogP contribution in [-0.2, 0) is 0 Å². The minimum atomic E-state index is -1.02. The molecule has 9 heteroatoms. The molecule has 2 aliphatic rings. The maximum Gasteiger partial charge on any atom is 0.171 e. The van der Waals surface area contributed by atoms with E-state index >= 15 is 0 Å². The number of allylic oxidation sites excluding steroid dienone is 2. The summed E-state index contributed by atoms with van der Waals surface area (Å²) < 4.78 is 11.9. The van der Waals surface area contributed by atoms with Crippen LogP contribution < -0.4 is 4.74 Å². The Morgan fingerprint density at radius 2 is 1.54 bits per heavy atom. The predicted octanol–water partition coefficient (Wildman–Crippen LogP) is 8.23. The second-order valence-corrected chi connectivity index (χ2v) is 13.2. The van der Waals surface area contributed by atoms with Crippen molar-refractivity contribution >= 4 is 22.8 Å². The van der Waals surface area contributed by atoms with Gasteiger partial charge >= 0.3 is 0 Å². The quantitative estimate of drug-likeness (QED) is 0.0816. The van der Waals surface area contributed by atoms with Crippen LogP contribution in [0.25, 0.3) is 28.4 Å². The maximum atomic E-state index is 14.7. The second kappa shape index (κ2) is 11.2. The molecule has 9 nitrogen and oxygen atoms in total. The second-order valence-electron chi connectivity index (χ2n) is 13.2. The largest absolute Gasteiger partial charge is 0.508 e. The van der Waals surface area contributed by atoms with Gasteiger partial charge in [-0.2, -0.15) is 0 Å². The number of phenols is 6. The number of fused-ring (bicyclic) bond motifs is 2. The van der Waals surface area contributed by atoms with Gasteiger partial charge in [0.2, 0.25) is 0 Å². The number of carbonyl (C=O) groups is 1. The monoisotopic (exact) mass is 646 g/mol. The summed E-state index contributed by atoms with van der Waals surface area (Å²) in [6, 6.07) is 16.6. The molecule has 48 heavy (non-hydrogen) atoms. The molecule has 0 unspecified atom stereocenters. The number of ether oxygens (including phenoxy) is 1. The van der Waals surface area contributed by atoms with Crippen molar-refractivity contribution in [2.45, 2.75) is 44.6 Å². The van der Waals surface area contributed by atoms with Crippen LogP contribution >= 0.6 is 0 Å². The van der Waals surface area contributed by atoms with E-state index in [9.17, 15) is 35.4 Å². The molecule has 4 aromatic carbocycles.